The number of ether oxygens (including phenoxy) is 1. The summed E-state index contributed by atoms with van der Waals surface area (Å²) in [6.07, 6.45) is 1.48. The average molecular weight is 351 g/mol. The van der Waals surface area contributed by atoms with Crippen LogP contribution in [0.1, 0.15) is 30.4 Å². The molecule has 1 aromatic rings. The van der Waals surface area contributed by atoms with Crippen molar-refractivity contribution in [3.63, 3.8) is 0 Å². The number of halogens is 3. The number of hydrogen-bond donors (Lipinski definition) is 2. The molecule has 0 heterocycles. The van der Waals surface area contributed by atoms with E-state index in [1.807, 2.05) is 32.0 Å². The number of amides is 1. The highest BCUT2D eigenvalue weighted by atomic mass is 35.5. The smallest absolute Gasteiger partial charge is 0.277 e. The van der Waals surface area contributed by atoms with Crippen molar-refractivity contribution < 1.29 is 18.3 Å². The number of nitrogens with two attached hydrogens (primary N) is 1. The predicted molar refractivity (Wildman–Crippen MR) is 89.5 cm³/mol. The summed E-state index contributed by atoms with van der Waals surface area (Å²) in [5.41, 5.74) is 7.08. The van der Waals surface area contributed by atoms with Crippen LogP contribution in [0.4, 0.5) is 8.78 Å². The van der Waals surface area contributed by atoms with Gasteiger partial charge in [-0.25, -0.2) is 8.78 Å². The maximum Gasteiger partial charge on any atom is 0.277 e. The van der Waals surface area contributed by atoms with Gasteiger partial charge in [0.05, 0.1) is 19.7 Å². The van der Waals surface area contributed by atoms with Gasteiger partial charge >= 0.3 is 0 Å². The Bertz CT molecular complexity index is 499. The lowest BCUT2D eigenvalue weighted by Crippen LogP contribution is -2.41. The molecule has 0 aromatic heterocycles. The van der Waals surface area contributed by atoms with Crippen molar-refractivity contribution in [3.8, 4) is 5.75 Å². The maximum absolute atomic E-state index is 12.9. The van der Waals surface area contributed by atoms with Crippen molar-refractivity contribution in [1.82, 2.24) is 5.32 Å². The van der Waals surface area contributed by atoms with E-state index in [9.17, 15) is 13.6 Å². The average Bonchev–Trinajstić information content (AvgIpc) is 2.48. The van der Waals surface area contributed by atoms with Crippen molar-refractivity contribution in [3.05, 3.63) is 29.3 Å². The molecule has 0 radical (unpaired) electrons. The second-order valence-electron chi connectivity index (χ2n) is 5.41. The molecule has 0 aliphatic rings. The zero-order chi connectivity index (χ0) is 16.6. The highest BCUT2D eigenvalue weighted by Crippen LogP contribution is 2.19. The Morgan fingerprint density at radius 2 is 2.00 bits per heavy atom. The molecule has 132 valence electrons. The second kappa shape index (κ2) is 10.4. The van der Waals surface area contributed by atoms with Gasteiger partial charge in [0.1, 0.15) is 5.75 Å². The first-order valence-corrected chi connectivity index (χ1v) is 7.39. The second-order valence-corrected chi connectivity index (χ2v) is 5.41. The van der Waals surface area contributed by atoms with E-state index in [1.165, 1.54) is 0 Å². The monoisotopic (exact) mass is 350 g/mol. The van der Waals surface area contributed by atoms with Gasteiger partial charge in [0, 0.05) is 6.42 Å². The third-order valence-corrected chi connectivity index (χ3v) is 3.24. The number of hydrogen-bond acceptors (Lipinski definition) is 3. The standard InChI is InChI=1S/C16H24F2N2O2.ClH/c1-12-6-7-13(2)14(9-12)22-8-4-3-5-15(21)20-11-16(17,18)10-19;/h6-7,9H,3-5,8,10-11,19H2,1-2H3,(H,20,21);1H. The summed E-state index contributed by atoms with van der Waals surface area (Å²) in [5.74, 6) is -2.59. The molecule has 0 fully saturated rings. The van der Waals surface area contributed by atoms with Gasteiger partial charge in [-0.05, 0) is 43.9 Å². The van der Waals surface area contributed by atoms with Crippen LogP contribution in [0.5, 0.6) is 5.75 Å². The van der Waals surface area contributed by atoms with Crippen molar-refractivity contribution in [2.75, 3.05) is 19.7 Å². The zero-order valence-electron chi connectivity index (χ0n) is 13.5. The summed E-state index contributed by atoms with van der Waals surface area (Å²) in [4.78, 5) is 11.4. The topological polar surface area (TPSA) is 64.3 Å². The third kappa shape index (κ3) is 8.71. The van der Waals surface area contributed by atoms with Gasteiger partial charge < -0.3 is 15.8 Å². The molecule has 1 aromatic carbocycles. The normalized spacial score (nSPS) is 10.8. The van der Waals surface area contributed by atoms with Crippen LogP contribution in [0.15, 0.2) is 18.2 Å². The fourth-order valence-corrected chi connectivity index (χ4v) is 1.82. The number of benzene rings is 1. The van der Waals surface area contributed by atoms with Gasteiger partial charge in [0.25, 0.3) is 5.92 Å². The number of alkyl halides is 2. The third-order valence-electron chi connectivity index (χ3n) is 3.24. The molecule has 7 heteroatoms. The summed E-state index contributed by atoms with van der Waals surface area (Å²) in [7, 11) is 0. The number of carbonyl (C=O) groups excluding carboxylic acids is 1. The summed E-state index contributed by atoms with van der Waals surface area (Å²) in [6, 6.07) is 5.98. The lowest BCUT2D eigenvalue weighted by atomic mass is 10.1. The molecular formula is C16H25ClF2N2O2. The number of rotatable bonds is 9. The van der Waals surface area contributed by atoms with E-state index < -0.39 is 19.0 Å². The molecular weight excluding hydrogens is 326 g/mol. The summed E-state index contributed by atoms with van der Waals surface area (Å²) < 4.78 is 31.4. The van der Waals surface area contributed by atoms with Crippen LogP contribution >= 0.6 is 12.4 Å². The van der Waals surface area contributed by atoms with Crippen molar-refractivity contribution in [1.29, 1.82) is 0 Å². The molecule has 1 amide bonds. The van der Waals surface area contributed by atoms with Gasteiger partial charge in [0.15, 0.2) is 0 Å². The zero-order valence-corrected chi connectivity index (χ0v) is 14.3. The molecule has 0 saturated heterocycles. The summed E-state index contributed by atoms with van der Waals surface area (Å²) >= 11 is 0. The van der Waals surface area contributed by atoms with Crippen LogP contribution < -0.4 is 15.8 Å². The lowest BCUT2D eigenvalue weighted by molar-refractivity contribution is -0.123. The lowest BCUT2D eigenvalue weighted by Gasteiger charge is -2.14. The van der Waals surface area contributed by atoms with E-state index in [4.69, 9.17) is 10.5 Å². The highest BCUT2D eigenvalue weighted by Gasteiger charge is 2.26. The van der Waals surface area contributed by atoms with Crippen LogP contribution in [-0.2, 0) is 4.79 Å². The minimum absolute atomic E-state index is 0. The number of unbranched alkanes of at least 4 members (excludes halogenated alkanes) is 1. The minimum Gasteiger partial charge on any atom is -0.493 e. The maximum atomic E-state index is 12.9. The molecule has 0 saturated carbocycles. The van der Waals surface area contributed by atoms with E-state index >= 15 is 0 Å². The minimum atomic E-state index is -3.04. The van der Waals surface area contributed by atoms with Crippen LogP contribution in [0.3, 0.4) is 0 Å². The van der Waals surface area contributed by atoms with Crippen molar-refractivity contribution in [2.24, 2.45) is 5.73 Å². The Morgan fingerprint density at radius 1 is 1.30 bits per heavy atom. The van der Waals surface area contributed by atoms with Crippen LogP contribution in [0.2, 0.25) is 0 Å². The quantitative estimate of drug-likeness (QED) is 0.673. The number of carbonyl (C=O) groups is 1. The van der Waals surface area contributed by atoms with Gasteiger partial charge in [-0.1, -0.05) is 12.1 Å². The van der Waals surface area contributed by atoms with E-state index in [2.05, 4.69) is 5.32 Å². The van der Waals surface area contributed by atoms with E-state index in [0.717, 1.165) is 16.9 Å². The van der Waals surface area contributed by atoms with Crippen LogP contribution in [-0.4, -0.2) is 31.5 Å². The summed E-state index contributed by atoms with van der Waals surface area (Å²) in [5, 5.41) is 2.19. The molecule has 0 bridgehead atoms. The highest BCUT2D eigenvalue weighted by molar-refractivity contribution is 5.85. The van der Waals surface area contributed by atoms with E-state index in [0.29, 0.717) is 19.4 Å². The summed E-state index contributed by atoms with van der Waals surface area (Å²) in [6.45, 7) is 2.99. The molecule has 23 heavy (non-hydrogen) atoms. The first kappa shape index (κ1) is 21.6. The fraction of sp³-hybridized carbons (Fsp3) is 0.562. The van der Waals surface area contributed by atoms with Gasteiger partial charge in [0.2, 0.25) is 5.91 Å². The molecule has 0 spiro atoms. The SMILES string of the molecule is Cc1ccc(C)c(OCCCCC(=O)NCC(F)(F)CN)c1.Cl. The molecule has 3 N–H and O–H groups in total. The first-order chi connectivity index (χ1) is 10.3. The largest absolute Gasteiger partial charge is 0.493 e. The molecule has 0 aliphatic carbocycles. The molecule has 0 aliphatic heterocycles. The Hall–Kier alpha value is -1.40. The molecule has 1 rings (SSSR count). The van der Waals surface area contributed by atoms with E-state index in [-0.39, 0.29) is 24.7 Å². The van der Waals surface area contributed by atoms with Gasteiger partial charge in [-0.15, -0.1) is 12.4 Å². The van der Waals surface area contributed by atoms with Gasteiger partial charge in [-0.2, -0.15) is 0 Å². The molecule has 4 nitrogen and oxygen atoms in total. The van der Waals surface area contributed by atoms with Crippen LogP contribution in [0.25, 0.3) is 0 Å². The van der Waals surface area contributed by atoms with Crippen molar-refractivity contribution >= 4 is 18.3 Å². The molecule has 0 unspecified atom stereocenters. The Labute approximate surface area is 142 Å². The molecule has 0 atom stereocenters. The number of nitrogens with one attached hydrogen (secondary N) is 1. The Balaban J connectivity index is 0.00000484. The Morgan fingerprint density at radius 3 is 2.65 bits per heavy atom. The first-order valence-electron chi connectivity index (χ1n) is 7.39. The van der Waals surface area contributed by atoms with E-state index in [1.54, 1.807) is 0 Å². The number of aryl methyl sites for hydroxylation is 2. The fourth-order valence-electron chi connectivity index (χ4n) is 1.82. The Kier molecular flexibility index (Phi) is 9.76. The van der Waals surface area contributed by atoms with Crippen LogP contribution in [0, 0.1) is 13.8 Å². The van der Waals surface area contributed by atoms with Gasteiger partial charge in [-0.3, -0.25) is 4.79 Å². The predicted octanol–water partition coefficient (Wildman–Crippen LogP) is 2.98. The van der Waals surface area contributed by atoms with Crippen molar-refractivity contribution in [2.45, 2.75) is 39.0 Å².